The number of nitrogens with zero attached hydrogens (tertiary/aromatic N) is 1. The highest BCUT2D eigenvalue weighted by molar-refractivity contribution is 4.76. The molecule has 0 aromatic heterocycles. The van der Waals surface area contributed by atoms with E-state index in [1.807, 2.05) is 0 Å². The smallest absolute Gasteiger partial charge is 0.0936 e. The summed E-state index contributed by atoms with van der Waals surface area (Å²) < 4.78 is 5.62. The molecule has 1 heterocycles. The number of hydrogen-bond donors (Lipinski definition) is 1. The molecule has 1 N–H and O–H groups in total. The number of rotatable bonds is 5. The highest BCUT2D eigenvalue weighted by atomic mass is 16.5. The Hall–Kier alpha value is -0.120. The van der Waals surface area contributed by atoms with Crippen LogP contribution in [0.25, 0.3) is 0 Å². The summed E-state index contributed by atoms with van der Waals surface area (Å²) in [5.41, 5.74) is 0. The maximum atomic E-state index is 9.12. The van der Waals surface area contributed by atoms with Gasteiger partial charge in [-0.15, -0.1) is 0 Å². The SMILES string of the molecule is CCC(CC)CN1CC(C)OC(CO)C1. The van der Waals surface area contributed by atoms with Gasteiger partial charge in [-0.1, -0.05) is 26.7 Å². The van der Waals surface area contributed by atoms with Gasteiger partial charge >= 0.3 is 0 Å². The average Bonchev–Trinajstić information content (AvgIpc) is 2.25. The van der Waals surface area contributed by atoms with Crippen molar-refractivity contribution in [3.63, 3.8) is 0 Å². The zero-order valence-electron chi connectivity index (χ0n) is 10.3. The van der Waals surface area contributed by atoms with E-state index in [-0.39, 0.29) is 18.8 Å². The van der Waals surface area contributed by atoms with Gasteiger partial charge in [0.1, 0.15) is 0 Å². The van der Waals surface area contributed by atoms with E-state index >= 15 is 0 Å². The van der Waals surface area contributed by atoms with E-state index in [1.54, 1.807) is 0 Å². The molecule has 0 amide bonds. The Bertz CT molecular complexity index is 171. The summed E-state index contributed by atoms with van der Waals surface area (Å²) in [4.78, 5) is 2.44. The van der Waals surface area contributed by atoms with Crippen molar-refractivity contribution in [3.8, 4) is 0 Å². The lowest BCUT2D eigenvalue weighted by Crippen LogP contribution is -2.49. The van der Waals surface area contributed by atoms with Crippen molar-refractivity contribution in [3.05, 3.63) is 0 Å². The van der Waals surface area contributed by atoms with E-state index in [2.05, 4.69) is 25.7 Å². The molecule has 1 saturated heterocycles. The number of ether oxygens (including phenoxy) is 1. The summed E-state index contributed by atoms with van der Waals surface area (Å²) in [7, 11) is 0. The van der Waals surface area contributed by atoms with Crippen LogP contribution in [-0.2, 0) is 4.74 Å². The summed E-state index contributed by atoms with van der Waals surface area (Å²) in [6, 6.07) is 0. The molecule has 0 spiro atoms. The lowest BCUT2D eigenvalue weighted by molar-refractivity contribution is -0.0979. The minimum atomic E-state index is 0.0168. The van der Waals surface area contributed by atoms with Gasteiger partial charge in [-0.25, -0.2) is 0 Å². The first-order chi connectivity index (χ1) is 7.19. The lowest BCUT2D eigenvalue weighted by Gasteiger charge is -2.37. The van der Waals surface area contributed by atoms with Crippen molar-refractivity contribution in [1.82, 2.24) is 4.90 Å². The van der Waals surface area contributed by atoms with Crippen molar-refractivity contribution >= 4 is 0 Å². The van der Waals surface area contributed by atoms with Gasteiger partial charge in [0.05, 0.1) is 18.8 Å². The second-order valence-electron chi connectivity index (χ2n) is 4.65. The lowest BCUT2D eigenvalue weighted by atomic mass is 10.0. The maximum absolute atomic E-state index is 9.12. The molecule has 1 aliphatic heterocycles. The van der Waals surface area contributed by atoms with Crippen LogP contribution in [-0.4, -0.2) is 48.5 Å². The largest absolute Gasteiger partial charge is 0.394 e. The molecule has 0 aromatic carbocycles. The fourth-order valence-electron chi connectivity index (χ4n) is 2.30. The van der Waals surface area contributed by atoms with Crippen molar-refractivity contribution in [2.24, 2.45) is 5.92 Å². The Morgan fingerprint density at radius 3 is 2.53 bits per heavy atom. The molecule has 3 nitrogen and oxygen atoms in total. The Kier molecular flexibility index (Phi) is 5.58. The van der Waals surface area contributed by atoms with Gasteiger partial charge in [-0.3, -0.25) is 4.90 Å². The van der Waals surface area contributed by atoms with Crippen LogP contribution >= 0.6 is 0 Å². The van der Waals surface area contributed by atoms with Crippen molar-refractivity contribution in [2.75, 3.05) is 26.2 Å². The fourth-order valence-corrected chi connectivity index (χ4v) is 2.30. The molecule has 0 saturated carbocycles. The van der Waals surface area contributed by atoms with E-state index < -0.39 is 0 Å². The van der Waals surface area contributed by atoms with Crippen LogP contribution in [0.5, 0.6) is 0 Å². The topological polar surface area (TPSA) is 32.7 Å². The van der Waals surface area contributed by atoms with Crippen molar-refractivity contribution < 1.29 is 9.84 Å². The summed E-state index contributed by atoms with van der Waals surface area (Å²) >= 11 is 0. The molecule has 0 radical (unpaired) electrons. The van der Waals surface area contributed by atoms with Crippen LogP contribution in [0.2, 0.25) is 0 Å². The molecular weight excluding hydrogens is 190 g/mol. The van der Waals surface area contributed by atoms with Gasteiger partial charge < -0.3 is 9.84 Å². The molecule has 1 rings (SSSR count). The molecule has 90 valence electrons. The molecule has 3 heteroatoms. The Morgan fingerprint density at radius 1 is 1.33 bits per heavy atom. The molecule has 1 fully saturated rings. The molecule has 0 aliphatic carbocycles. The number of morpholine rings is 1. The van der Waals surface area contributed by atoms with E-state index in [4.69, 9.17) is 9.84 Å². The van der Waals surface area contributed by atoms with Crippen LogP contribution in [0.3, 0.4) is 0 Å². The van der Waals surface area contributed by atoms with Gasteiger partial charge in [-0.05, 0) is 12.8 Å². The minimum absolute atomic E-state index is 0.0168. The standard InChI is InChI=1S/C12H25NO2/c1-4-11(5-2)7-13-6-10(3)15-12(8-13)9-14/h10-12,14H,4-9H2,1-3H3. The van der Waals surface area contributed by atoms with Gasteiger partial charge in [-0.2, -0.15) is 0 Å². The van der Waals surface area contributed by atoms with Gasteiger partial charge in [0.25, 0.3) is 0 Å². The third-order valence-electron chi connectivity index (χ3n) is 3.28. The monoisotopic (exact) mass is 215 g/mol. The quantitative estimate of drug-likeness (QED) is 0.754. The highest BCUT2D eigenvalue weighted by Crippen LogP contribution is 2.15. The molecule has 15 heavy (non-hydrogen) atoms. The van der Waals surface area contributed by atoms with E-state index in [9.17, 15) is 0 Å². The molecule has 2 unspecified atom stereocenters. The fraction of sp³-hybridized carbons (Fsp3) is 1.00. The number of aliphatic hydroxyl groups is 1. The third-order valence-corrected chi connectivity index (χ3v) is 3.28. The first-order valence-electron chi connectivity index (χ1n) is 6.18. The maximum Gasteiger partial charge on any atom is 0.0936 e. The van der Waals surface area contributed by atoms with E-state index in [1.165, 1.54) is 12.8 Å². The molecule has 1 aliphatic rings. The summed E-state index contributed by atoms with van der Waals surface area (Å²) in [5.74, 6) is 0.787. The molecule has 0 aromatic rings. The van der Waals surface area contributed by atoms with E-state index in [0.29, 0.717) is 0 Å². The van der Waals surface area contributed by atoms with Crippen LogP contribution in [0.1, 0.15) is 33.6 Å². The van der Waals surface area contributed by atoms with Crippen molar-refractivity contribution in [2.45, 2.75) is 45.8 Å². The Labute approximate surface area is 93.4 Å². The number of hydrogen-bond acceptors (Lipinski definition) is 3. The van der Waals surface area contributed by atoms with Crippen LogP contribution in [0.15, 0.2) is 0 Å². The third kappa shape index (κ3) is 4.09. The normalized spacial score (nSPS) is 28.6. The summed E-state index contributed by atoms with van der Waals surface area (Å²) in [5, 5.41) is 9.12. The van der Waals surface area contributed by atoms with Crippen LogP contribution in [0, 0.1) is 5.92 Å². The molecular formula is C12H25NO2. The first-order valence-corrected chi connectivity index (χ1v) is 6.18. The zero-order valence-corrected chi connectivity index (χ0v) is 10.3. The predicted molar refractivity (Wildman–Crippen MR) is 61.9 cm³/mol. The average molecular weight is 215 g/mol. The van der Waals surface area contributed by atoms with Gasteiger partial charge in [0.15, 0.2) is 0 Å². The van der Waals surface area contributed by atoms with Crippen molar-refractivity contribution in [1.29, 1.82) is 0 Å². The number of aliphatic hydroxyl groups excluding tert-OH is 1. The van der Waals surface area contributed by atoms with Crippen LogP contribution in [0.4, 0.5) is 0 Å². The van der Waals surface area contributed by atoms with Gasteiger partial charge in [0, 0.05) is 19.6 Å². The first kappa shape index (κ1) is 12.9. The van der Waals surface area contributed by atoms with E-state index in [0.717, 1.165) is 25.6 Å². The Morgan fingerprint density at radius 2 is 2.00 bits per heavy atom. The van der Waals surface area contributed by atoms with Crippen LogP contribution < -0.4 is 0 Å². The molecule has 2 atom stereocenters. The van der Waals surface area contributed by atoms with Gasteiger partial charge in [0.2, 0.25) is 0 Å². The Balaban J connectivity index is 2.39. The predicted octanol–water partition coefficient (Wildman–Crippen LogP) is 1.50. The minimum Gasteiger partial charge on any atom is -0.394 e. The second kappa shape index (κ2) is 6.46. The summed E-state index contributed by atoms with van der Waals surface area (Å²) in [6.07, 6.45) is 2.76. The second-order valence-corrected chi connectivity index (χ2v) is 4.65. The zero-order chi connectivity index (χ0) is 11.3. The highest BCUT2D eigenvalue weighted by Gasteiger charge is 2.25. The molecule has 0 bridgehead atoms. The summed E-state index contributed by atoms with van der Waals surface area (Å²) in [6.45, 7) is 9.77.